The minimum absolute atomic E-state index is 0.0770. The largest absolute Gasteiger partial charge is 0.372 e. The number of nitrogens with zero attached hydrogens (tertiary/aromatic N) is 2. The van der Waals surface area contributed by atoms with Gasteiger partial charge in [-0.3, -0.25) is 9.59 Å². The van der Waals surface area contributed by atoms with Gasteiger partial charge in [0.15, 0.2) is 0 Å². The molecule has 0 aliphatic carbocycles. The number of nitrogens with one attached hydrogen (secondary N) is 1. The van der Waals surface area contributed by atoms with Gasteiger partial charge in [-0.2, -0.15) is 0 Å². The average Bonchev–Trinajstić information content (AvgIpc) is 2.66. The van der Waals surface area contributed by atoms with Crippen molar-refractivity contribution in [3.8, 4) is 0 Å². The Bertz CT molecular complexity index is 643. The number of ether oxygens (including phenoxy) is 1. The molecule has 27 heavy (non-hydrogen) atoms. The van der Waals surface area contributed by atoms with Crippen molar-refractivity contribution in [1.82, 2.24) is 15.1 Å². The van der Waals surface area contributed by atoms with Gasteiger partial charge in [0.1, 0.15) is 0 Å². The Balaban J connectivity index is 1.49. The van der Waals surface area contributed by atoms with Gasteiger partial charge in [0.2, 0.25) is 5.91 Å². The number of benzene rings is 1. The first kappa shape index (κ1) is 19.8. The molecule has 0 unspecified atom stereocenters. The summed E-state index contributed by atoms with van der Waals surface area (Å²) < 4.78 is 5.71. The molecule has 0 aromatic heterocycles. The Morgan fingerprint density at radius 1 is 1.04 bits per heavy atom. The van der Waals surface area contributed by atoms with Crippen LogP contribution in [-0.4, -0.2) is 66.0 Å². The van der Waals surface area contributed by atoms with Crippen LogP contribution in [0.2, 0.25) is 0 Å². The molecule has 2 aliphatic heterocycles. The lowest BCUT2D eigenvalue weighted by Crippen LogP contribution is -2.48. The molecule has 1 aromatic rings. The van der Waals surface area contributed by atoms with Crippen molar-refractivity contribution in [2.75, 3.05) is 26.2 Å². The smallest absolute Gasteiger partial charge is 0.254 e. The van der Waals surface area contributed by atoms with E-state index in [-0.39, 0.29) is 24.0 Å². The molecular weight excluding hydrogens is 342 g/mol. The zero-order chi connectivity index (χ0) is 19.4. The third kappa shape index (κ3) is 5.30. The summed E-state index contributed by atoms with van der Waals surface area (Å²) in [5.74, 6) is 0.242. The predicted octanol–water partition coefficient (Wildman–Crippen LogP) is 2.04. The summed E-state index contributed by atoms with van der Waals surface area (Å²) in [4.78, 5) is 27.9. The maximum absolute atomic E-state index is 12.7. The van der Waals surface area contributed by atoms with Gasteiger partial charge in [-0.15, -0.1) is 0 Å². The first-order valence-electron chi connectivity index (χ1n) is 9.95. The fraction of sp³-hybridized carbons (Fsp3) is 0.619. The summed E-state index contributed by atoms with van der Waals surface area (Å²) in [7, 11) is 0. The highest BCUT2D eigenvalue weighted by Gasteiger charge is 2.26. The molecule has 6 heteroatoms. The maximum Gasteiger partial charge on any atom is 0.254 e. The van der Waals surface area contributed by atoms with Crippen molar-refractivity contribution >= 4 is 11.8 Å². The van der Waals surface area contributed by atoms with E-state index in [0.717, 1.165) is 38.0 Å². The summed E-state index contributed by atoms with van der Waals surface area (Å²) in [6.07, 6.45) is 2.14. The zero-order valence-electron chi connectivity index (χ0n) is 16.6. The van der Waals surface area contributed by atoms with Crippen LogP contribution < -0.4 is 5.32 Å². The molecule has 1 aromatic carbocycles. The topological polar surface area (TPSA) is 61.9 Å². The molecule has 2 atom stereocenters. The molecule has 2 heterocycles. The molecule has 3 rings (SSSR count). The number of amides is 2. The van der Waals surface area contributed by atoms with Crippen LogP contribution >= 0.6 is 0 Å². The van der Waals surface area contributed by atoms with Crippen LogP contribution in [0.4, 0.5) is 0 Å². The molecule has 2 amide bonds. The Morgan fingerprint density at radius 2 is 1.63 bits per heavy atom. The first-order chi connectivity index (χ1) is 12.9. The molecule has 0 radical (unpaired) electrons. The Labute approximate surface area is 161 Å². The number of piperidine rings is 1. The van der Waals surface area contributed by atoms with Gasteiger partial charge < -0.3 is 19.9 Å². The van der Waals surface area contributed by atoms with E-state index in [4.69, 9.17) is 4.74 Å². The van der Waals surface area contributed by atoms with Gasteiger partial charge in [0.25, 0.3) is 5.91 Å². The fourth-order valence-corrected chi connectivity index (χ4v) is 3.95. The van der Waals surface area contributed by atoms with E-state index in [1.165, 1.54) is 5.56 Å². The van der Waals surface area contributed by atoms with Gasteiger partial charge in [-0.05, 0) is 44.4 Å². The number of hydrogen-bond acceptors (Lipinski definition) is 4. The summed E-state index contributed by atoms with van der Waals surface area (Å²) in [6, 6.07) is 8.33. The molecule has 0 spiro atoms. The zero-order valence-corrected chi connectivity index (χ0v) is 16.6. The van der Waals surface area contributed by atoms with E-state index in [1.807, 2.05) is 47.9 Å². The van der Waals surface area contributed by atoms with E-state index >= 15 is 0 Å². The van der Waals surface area contributed by atoms with E-state index in [9.17, 15) is 9.59 Å². The second-order valence-corrected chi connectivity index (χ2v) is 7.83. The van der Waals surface area contributed by atoms with E-state index < -0.39 is 0 Å². The highest BCUT2D eigenvalue weighted by molar-refractivity contribution is 5.94. The monoisotopic (exact) mass is 373 g/mol. The summed E-state index contributed by atoms with van der Waals surface area (Å²) in [5.41, 5.74) is 1.90. The molecule has 2 aliphatic rings. The van der Waals surface area contributed by atoms with Gasteiger partial charge in [0.05, 0.1) is 12.2 Å². The number of carbonyl (C=O) groups excluding carboxylic acids is 2. The number of hydrogen-bond donors (Lipinski definition) is 1. The third-order valence-electron chi connectivity index (χ3n) is 5.44. The summed E-state index contributed by atoms with van der Waals surface area (Å²) in [5, 5.41) is 3.57. The van der Waals surface area contributed by atoms with Crippen molar-refractivity contribution in [2.45, 2.75) is 58.4 Å². The second kappa shape index (κ2) is 8.85. The minimum atomic E-state index is 0.0770. The first-order valence-corrected chi connectivity index (χ1v) is 9.95. The van der Waals surface area contributed by atoms with Gasteiger partial charge >= 0.3 is 0 Å². The normalized spacial score (nSPS) is 24.1. The van der Waals surface area contributed by atoms with Gasteiger partial charge in [0, 0.05) is 51.3 Å². The molecule has 148 valence electrons. The van der Waals surface area contributed by atoms with Crippen LogP contribution in [0.5, 0.6) is 0 Å². The Morgan fingerprint density at radius 3 is 2.19 bits per heavy atom. The van der Waals surface area contributed by atoms with Gasteiger partial charge in [-0.1, -0.05) is 12.1 Å². The Hall–Kier alpha value is -1.92. The van der Waals surface area contributed by atoms with E-state index in [0.29, 0.717) is 19.1 Å². The van der Waals surface area contributed by atoms with Crippen LogP contribution in [0.1, 0.15) is 49.5 Å². The van der Waals surface area contributed by atoms with Crippen LogP contribution in [0, 0.1) is 0 Å². The molecule has 6 nitrogen and oxygen atoms in total. The molecule has 0 bridgehead atoms. The van der Waals surface area contributed by atoms with Crippen LogP contribution in [0.3, 0.4) is 0 Å². The third-order valence-corrected chi connectivity index (χ3v) is 5.44. The summed E-state index contributed by atoms with van der Waals surface area (Å²) >= 11 is 0. The highest BCUT2D eigenvalue weighted by atomic mass is 16.5. The quantitative estimate of drug-likeness (QED) is 0.877. The molecule has 1 N–H and O–H groups in total. The average molecular weight is 373 g/mol. The van der Waals surface area contributed by atoms with E-state index in [1.54, 1.807) is 6.92 Å². The molecule has 2 saturated heterocycles. The predicted molar refractivity (Wildman–Crippen MR) is 104 cm³/mol. The minimum Gasteiger partial charge on any atom is -0.372 e. The lowest BCUT2D eigenvalue weighted by molar-refractivity contribution is -0.129. The Kier molecular flexibility index (Phi) is 6.50. The lowest BCUT2D eigenvalue weighted by Gasteiger charge is -2.35. The summed E-state index contributed by atoms with van der Waals surface area (Å²) in [6.45, 7) is 9.38. The standard InChI is InChI=1S/C21H31N3O3/c1-15-13-24(14-16(2)27-15)21(26)19-6-4-18(5-7-19)12-22-20-8-10-23(11-9-20)17(3)25/h4-7,15-16,20,22H,8-14H2,1-3H3/t15-,16-/m1/s1. The van der Waals surface area contributed by atoms with Crippen LogP contribution in [-0.2, 0) is 16.1 Å². The number of rotatable bonds is 4. The lowest BCUT2D eigenvalue weighted by atomic mass is 10.0. The van der Waals surface area contributed by atoms with Gasteiger partial charge in [-0.25, -0.2) is 0 Å². The molecular formula is C21H31N3O3. The number of likely N-dealkylation sites (tertiary alicyclic amines) is 1. The molecule has 0 saturated carbocycles. The number of carbonyl (C=O) groups is 2. The number of morpholine rings is 1. The van der Waals surface area contributed by atoms with Crippen molar-refractivity contribution in [1.29, 1.82) is 0 Å². The van der Waals surface area contributed by atoms with Crippen molar-refractivity contribution in [3.63, 3.8) is 0 Å². The van der Waals surface area contributed by atoms with E-state index in [2.05, 4.69) is 5.32 Å². The fourth-order valence-electron chi connectivity index (χ4n) is 3.95. The van der Waals surface area contributed by atoms with Crippen molar-refractivity contribution < 1.29 is 14.3 Å². The second-order valence-electron chi connectivity index (χ2n) is 7.83. The van der Waals surface area contributed by atoms with Crippen molar-refractivity contribution in [3.05, 3.63) is 35.4 Å². The van der Waals surface area contributed by atoms with Crippen LogP contribution in [0.25, 0.3) is 0 Å². The molecule has 2 fully saturated rings. The highest BCUT2D eigenvalue weighted by Crippen LogP contribution is 2.16. The SMILES string of the molecule is CC(=O)N1CCC(NCc2ccc(C(=O)N3C[C@@H](C)O[C@H](C)C3)cc2)CC1. The maximum atomic E-state index is 12.7. The van der Waals surface area contributed by atoms with Crippen LogP contribution in [0.15, 0.2) is 24.3 Å². The van der Waals surface area contributed by atoms with Crippen molar-refractivity contribution in [2.24, 2.45) is 0 Å².